The molecule has 1 aliphatic rings. The molecule has 1 fully saturated rings. The van der Waals surface area contributed by atoms with Crippen LogP contribution in [-0.2, 0) is 0 Å². The van der Waals surface area contributed by atoms with Crippen molar-refractivity contribution in [3.63, 3.8) is 0 Å². The van der Waals surface area contributed by atoms with Crippen LogP contribution in [0.5, 0.6) is 0 Å². The zero-order chi connectivity index (χ0) is 12.7. The average molecular weight is 239 g/mol. The van der Waals surface area contributed by atoms with E-state index in [2.05, 4.69) is 43.9 Å². The van der Waals surface area contributed by atoms with E-state index in [-0.39, 0.29) is 0 Å². The van der Waals surface area contributed by atoms with Crippen LogP contribution in [0.1, 0.15) is 53.4 Å². The molecule has 1 unspecified atom stereocenters. The summed E-state index contributed by atoms with van der Waals surface area (Å²) >= 11 is 0. The SMILES string of the molecule is CCN(CC)CCC1(N(CC)CC)[CH]CCC1. The highest BCUT2D eigenvalue weighted by molar-refractivity contribution is 5.06. The Morgan fingerprint density at radius 1 is 1.00 bits per heavy atom. The second-order valence-corrected chi connectivity index (χ2v) is 5.15. The van der Waals surface area contributed by atoms with Gasteiger partial charge in [0.25, 0.3) is 0 Å². The second kappa shape index (κ2) is 7.38. The molecule has 0 heterocycles. The fourth-order valence-electron chi connectivity index (χ4n) is 3.30. The van der Waals surface area contributed by atoms with E-state index in [0.29, 0.717) is 5.54 Å². The Kier molecular flexibility index (Phi) is 6.50. The van der Waals surface area contributed by atoms with Crippen LogP contribution in [0.15, 0.2) is 0 Å². The molecule has 0 aromatic heterocycles. The van der Waals surface area contributed by atoms with E-state index in [1.165, 1.54) is 58.4 Å². The van der Waals surface area contributed by atoms with Gasteiger partial charge in [0.15, 0.2) is 0 Å². The molecule has 0 amide bonds. The summed E-state index contributed by atoms with van der Waals surface area (Å²) in [6.07, 6.45) is 7.99. The minimum Gasteiger partial charge on any atom is -0.304 e. The molecule has 2 heteroatoms. The van der Waals surface area contributed by atoms with Crippen molar-refractivity contribution in [2.24, 2.45) is 0 Å². The second-order valence-electron chi connectivity index (χ2n) is 5.15. The Hall–Kier alpha value is -0.0800. The highest BCUT2D eigenvalue weighted by Crippen LogP contribution is 2.37. The Balaban J connectivity index is 2.58. The first kappa shape index (κ1) is 15.0. The zero-order valence-corrected chi connectivity index (χ0v) is 12.3. The standard InChI is InChI=1S/C15H31N2/c1-5-16(6-2)14-13-15(11-9-10-12-15)17(7-3)8-4/h11H,5-10,12-14H2,1-4H3. The summed E-state index contributed by atoms with van der Waals surface area (Å²) in [5.41, 5.74) is 0.409. The van der Waals surface area contributed by atoms with E-state index in [9.17, 15) is 0 Å². The van der Waals surface area contributed by atoms with Gasteiger partial charge in [-0.1, -0.05) is 34.1 Å². The Morgan fingerprint density at radius 2 is 1.65 bits per heavy atom. The quantitative estimate of drug-likeness (QED) is 0.642. The van der Waals surface area contributed by atoms with Gasteiger partial charge >= 0.3 is 0 Å². The van der Waals surface area contributed by atoms with E-state index in [1.54, 1.807) is 0 Å². The van der Waals surface area contributed by atoms with E-state index in [0.717, 1.165) is 0 Å². The number of hydrogen-bond acceptors (Lipinski definition) is 2. The predicted molar refractivity (Wildman–Crippen MR) is 76.2 cm³/mol. The summed E-state index contributed by atoms with van der Waals surface area (Å²) in [4.78, 5) is 5.22. The first-order valence-corrected chi connectivity index (χ1v) is 7.54. The largest absolute Gasteiger partial charge is 0.304 e. The monoisotopic (exact) mass is 239 g/mol. The molecule has 2 nitrogen and oxygen atoms in total. The van der Waals surface area contributed by atoms with Gasteiger partial charge in [-0.25, -0.2) is 0 Å². The molecular weight excluding hydrogens is 208 g/mol. The minimum atomic E-state index is 0.409. The smallest absolute Gasteiger partial charge is 0.0253 e. The maximum atomic E-state index is 2.67. The lowest BCUT2D eigenvalue weighted by molar-refractivity contribution is 0.110. The van der Waals surface area contributed by atoms with Crippen LogP contribution in [0.4, 0.5) is 0 Å². The summed E-state index contributed by atoms with van der Waals surface area (Å²) in [5.74, 6) is 0. The van der Waals surface area contributed by atoms with Crippen LogP contribution < -0.4 is 0 Å². The van der Waals surface area contributed by atoms with Gasteiger partial charge in [0.2, 0.25) is 0 Å². The van der Waals surface area contributed by atoms with Gasteiger partial charge in [-0.3, -0.25) is 4.90 Å². The molecular formula is C15H31N2. The lowest BCUT2D eigenvalue weighted by atomic mass is 9.90. The van der Waals surface area contributed by atoms with E-state index >= 15 is 0 Å². The highest BCUT2D eigenvalue weighted by atomic mass is 15.2. The molecule has 0 bridgehead atoms. The van der Waals surface area contributed by atoms with Crippen molar-refractivity contribution >= 4 is 0 Å². The van der Waals surface area contributed by atoms with Gasteiger partial charge in [0.05, 0.1) is 0 Å². The van der Waals surface area contributed by atoms with Gasteiger partial charge < -0.3 is 4.90 Å². The molecule has 0 aromatic carbocycles. The molecule has 1 aliphatic carbocycles. The topological polar surface area (TPSA) is 6.48 Å². The van der Waals surface area contributed by atoms with Crippen molar-refractivity contribution < 1.29 is 0 Å². The normalized spacial score (nSPS) is 19.4. The molecule has 0 aliphatic heterocycles. The van der Waals surface area contributed by atoms with Gasteiger partial charge in [-0.05, 0) is 58.4 Å². The molecule has 0 spiro atoms. The fourth-order valence-corrected chi connectivity index (χ4v) is 3.30. The maximum absolute atomic E-state index is 2.67. The van der Waals surface area contributed by atoms with Crippen LogP contribution in [0.25, 0.3) is 0 Å². The van der Waals surface area contributed by atoms with Crippen molar-refractivity contribution in [3.05, 3.63) is 6.42 Å². The number of hydrogen-bond donors (Lipinski definition) is 0. The molecule has 0 aromatic rings. The van der Waals surface area contributed by atoms with Crippen LogP contribution in [0.3, 0.4) is 0 Å². The fraction of sp³-hybridized carbons (Fsp3) is 0.933. The summed E-state index contributed by atoms with van der Waals surface area (Å²) in [7, 11) is 0. The van der Waals surface area contributed by atoms with Crippen LogP contribution in [0, 0.1) is 6.42 Å². The summed E-state index contributed by atoms with van der Waals surface area (Å²) < 4.78 is 0. The highest BCUT2D eigenvalue weighted by Gasteiger charge is 2.38. The zero-order valence-electron chi connectivity index (χ0n) is 12.3. The van der Waals surface area contributed by atoms with Crippen molar-refractivity contribution in [2.75, 3.05) is 32.7 Å². The molecule has 101 valence electrons. The summed E-state index contributed by atoms with van der Waals surface area (Å²) in [6, 6.07) is 0. The Labute approximate surface area is 108 Å². The third-order valence-electron chi connectivity index (χ3n) is 4.49. The maximum Gasteiger partial charge on any atom is 0.0253 e. The first-order chi connectivity index (χ1) is 8.22. The van der Waals surface area contributed by atoms with E-state index in [4.69, 9.17) is 0 Å². The van der Waals surface area contributed by atoms with E-state index < -0.39 is 0 Å². The van der Waals surface area contributed by atoms with Crippen LogP contribution in [-0.4, -0.2) is 48.1 Å². The van der Waals surface area contributed by atoms with Gasteiger partial charge in [0.1, 0.15) is 0 Å². The lowest BCUT2D eigenvalue weighted by Crippen LogP contribution is -2.48. The van der Waals surface area contributed by atoms with Crippen molar-refractivity contribution in [1.82, 2.24) is 9.80 Å². The van der Waals surface area contributed by atoms with Crippen molar-refractivity contribution in [2.45, 2.75) is 58.9 Å². The van der Waals surface area contributed by atoms with Gasteiger partial charge in [0, 0.05) is 5.54 Å². The number of nitrogens with zero attached hydrogens (tertiary/aromatic N) is 2. The Bertz CT molecular complexity index is 189. The van der Waals surface area contributed by atoms with Crippen LogP contribution >= 0.6 is 0 Å². The number of rotatable bonds is 8. The molecule has 0 saturated heterocycles. The van der Waals surface area contributed by atoms with Gasteiger partial charge in [-0.2, -0.15) is 0 Å². The molecule has 17 heavy (non-hydrogen) atoms. The lowest BCUT2D eigenvalue weighted by Gasteiger charge is -2.41. The third-order valence-corrected chi connectivity index (χ3v) is 4.49. The minimum absolute atomic E-state index is 0.409. The summed E-state index contributed by atoms with van der Waals surface area (Å²) in [5, 5.41) is 0. The van der Waals surface area contributed by atoms with E-state index in [1.807, 2.05) is 0 Å². The van der Waals surface area contributed by atoms with Crippen LogP contribution in [0.2, 0.25) is 0 Å². The van der Waals surface area contributed by atoms with Crippen molar-refractivity contribution in [3.8, 4) is 0 Å². The molecule has 0 N–H and O–H groups in total. The predicted octanol–water partition coefficient (Wildman–Crippen LogP) is 3.19. The molecule has 1 atom stereocenters. The van der Waals surface area contributed by atoms with Gasteiger partial charge in [-0.15, -0.1) is 0 Å². The molecule has 1 rings (SSSR count). The summed E-state index contributed by atoms with van der Waals surface area (Å²) in [6.45, 7) is 15.1. The third kappa shape index (κ3) is 3.69. The first-order valence-electron chi connectivity index (χ1n) is 7.54. The Morgan fingerprint density at radius 3 is 2.06 bits per heavy atom. The molecule has 1 radical (unpaired) electrons. The molecule has 1 saturated carbocycles. The van der Waals surface area contributed by atoms with Crippen molar-refractivity contribution in [1.29, 1.82) is 0 Å². The average Bonchev–Trinajstić information content (AvgIpc) is 2.82.